The van der Waals surface area contributed by atoms with Crippen molar-refractivity contribution < 1.29 is 9.53 Å². The van der Waals surface area contributed by atoms with E-state index >= 15 is 0 Å². The molecule has 0 fully saturated rings. The number of halogens is 1. The number of rotatable bonds is 5. The fourth-order valence-corrected chi connectivity index (χ4v) is 5.12. The number of nitrogen functional groups attached to an aromatic ring is 1. The van der Waals surface area contributed by atoms with Crippen LogP contribution in [-0.4, -0.2) is 18.0 Å². The van der Waals surface area contributed by atoms with E-state index in [1.54, 1.807) is 31.4 Å². The van der Waals surface area contributed by atoms with E-state index in [0.717, 1.165) is 33.5 Å². The zero-order chi connectivity index (χ0) is 24.5. The van der Waals surface area contributed by atoms with Gasteiger partial charge in [0.2, 0.25) is 0 Å². The third-order valence-corrected chi connectivity index (χ3v) is 7.07. The van der Waals surface area contributed by atoms with Gasteiger partial charge in [-0.05, 0) is 54.4 Å². The monoisotopic (exact) mass is 499 g/mol. The zero-order valence-corrected chi connectivity index (χ0v) is 20.7. The maximum atomic E-state index is 13.2. The molecule has 7 heteroatoms. The summed E-state index contributed by atoms with van der Waals surface area (Å²) in [4.78, 5) is 19.2. The first-order valence-corrected chi connectivity index (χ1v) is 12.1. The van der Waals surface area contributed by atoms with Crippen LogP contribution in [-0.2, 0) is 0 Å². The number of thiophene rings is 1. The van der Waals surface area contributed by atoms with Gasteiger partial charge in [-0.3, -0.25) is 4.79 Å². The molecule has 35 heavy (non-hydrogen) atoms. The van der Waals surface area contributed by atoms with Crippen LogP contribution in [0.2, 0.25) is 5.02 Å². The first-order valence-electron chi connectivity index (χ1n) is 10.9. The highest BCUT2D eigenvalue weighted by molar-refractivity contribution is 7.21. The number of pyridine rings is 1. The molecule has 0 radical (unpaired) electrons. The normalized spacial score (nSPS) is 10.9. The third-order valence-electron chi connectivity index (χ3n) is 5.74. The van der Waals surface area contributed by atoms with Crippen LogP contribution in [0.15, 0.2) is 78.9 Å². The number of hydrogen-bond acceptors (Lipinski definition) is 5. The van der Waals surface area contributed by atoms with Crippen molar-refractivity contribution in [1.29, 1.82) is 0 Å². The first-order chi connectivity index (χ1) is 16.9. The van der Waals surface area contributed by atoms with Crippen molar-refractivity contribution >= 4 is 50.4 Å². The number of carbonyl (C=O) groups excluding carboxylic acids is 1. The Kier molecular flexibility index (Phi) is 6.16. The Morgan fingerprint density at radius 3 is 2.40 bits per heavy atom. The average Bonchev–Trinajstić information content (AvgIpc) is 3.20. The van der Waals surface area contributed by atoms with E-state index < -0.39 is 0 Å². The molecule has 5 aromatic rings. The minimum absolute atomic E-state index is 0.301. The lowest BCUT2D eigenvalue weighted by molar-refractivity contribution is 0.103. The lowest BCUT2D eigenvalue weighted by Gasteiger charge is -2.10. The standard InChI is InChI=1S/C28H22ClN3O2S/c1-16-6-8-18(9-7-16)23-15-22(17-10-12-21(34-2)13-11-17)24-25(30)26(35-28(24)32-23)27(33)31-20-5-3-4-19(29)14-20/h3-15H,30H2,1-2H3,(H,31,33). The molecule has 0 aliphatic heterocycles. The summed E-state index contributed by atoms with van der Waals surface area (Å²) in [5, 5.41) is 4.19. The summed E-state index contributed by atoms with van der Waals surface area (Å²) in [7, 11) is 1.64. The molecule has 0 saturated heterocycles. The summed E-state index contributed by atoms with van der Waals surface area (Å²) in [5.41, 5.74) is 12.4. The van der Waals surface area contributed by atoms with Gasteiger partial charge in [-0.2, -0.15) is 0 Å². The molecule has 1 amide bonds. The van der Waals surface area contributed by atoms with Gasteiger partial charge in [0.25, 0.3) is 5.91 Å². The smallest absolute Gasteiger partial charge is 0.267 e. The summed E-state index contributed by atoms with van der Waals surface area (Å²) in [5.74, 6) is 0.461. The topological polar surface area (TPSA) is 77.2 Å². The van der Waals surface area contributed by atoms with Gasteiger partial charge in [-0.1, -0.05) is 59.6 Å². The van der Waals surface area contributed by atoms with Crippen LogP contribution in [0.1, 0.15) is 15.2 Å². The summed E-state index contributed by atoms with van der Waals surface area (Å²) < 4.78 is 5.32. The van der Waals surface area contributed by atoms with Crippen LogP contribution in [0.25, 0.3) is 32.6 Å². The van der Waals surface area contributed by atoms with Crippen molar-refractivity contribution in [2.45, 2.75) is 6.92 Å². The maximum absolute atomic E-state index is 13.2. The summed E-state index contributed by atoms with van der Waals surface area (Å²) in [6.07, 6.45) is 0. The average molecular weight is 500 g/mol. The molecular weight excluding hydrogens is 478 g/mol. The van der Waals surface area contributed by atoms with E-state index in [0.29, 0.717) is 26.1 Å². The van der Waals surface area contributed by atoms with Gasteiger partial charge in [0.15, 0.2) is 0 Å². The Hall–Kier alpha value is -3.87. The predicted molar refractivity (Wildman–Crippen MR) is 146 cm³/mol. The van der Waals surface area contributed by atoms with Crippen LogP contribution in [0.3, 0.4) is 0 Å². The highest BCUT2D eigenvalue weighted by Gasteiger charge is 2.22. The van der Waals surface area contributed by atoms with Crippen molar-refractivity contribution in [2.75, 3.05) is 18.2 Å². The predicted octanol–water partition coefficient (Wildman–Crippen LogP) is 7.44. The minimum Gasteiger partial charge on any atom is -0.497 e. The van der Waals surface area contributed by atoms with Crippen LogP contribution in [0.5, 0.6) is 5.75 Å². The van der Waals surface area contributed by atoms with E-state index in [-0.39, 0.29) is 5.91 Å². The molecule has 0 saturated carbocycles. The second-order valence-corrected chi connectivity index (χ2v) is 9.57. The molecule has 3 N–H and O–H groups in total. The Balaban J connectivity index is 1.66. The van der Waals surface area contributed by atoms with Gasteiger partial charge in [0.05, 0.1) is 18.5 Å². The molecule has 0 unspecified atom stereocenters. The molecule has 5 nitrogen and oxygen atoms in total. The molecule has 0 spiro atoms. The van der Waals surface area contributed by atoms with Crippen molar-refractivity contribution in [2.24, 2.45) is 0 Å². The molecule has 5 rings (SSSR count). The van der Waals surface area contributed by atoms with Gasteiger partial charge >= 0.3 is 0 Å². The van der Waals surface area contributed by atoms with Crippen LogP contribution >= 0.6 is 22.9 Å². The second kappa shape index (κ2) is 9.41. The number of hydrogen-bond donors (Lipinski definition) is 2. The quantitative estimate of drug-likeness (QED) is 0.263. The van der Waals surface area contributed by atoms with Gasteiger partial charge < -0.3 is 15.8 Å². The Morgan fingerprint density at radius 2 is 1.71 bits per heavy atom. The van der Waals surface area contributed by atoms with Crippen LogP contribution in [0.4, 0.5) is 11.4 Å². The second-order valence-electron chi connectivity index (χ2n) is 8.14. The Labute approximate surface area is 212 Å². The lowest BCUT2D eigenvalue weighted by atomic mass is 9.99. The number of methoxy groups -OCH3 is 1. The zero-order valence-electron chi connectivity index (χ0n) is 19.1. The third kappa shape index (κ3) is 4.58. The summed E-state index contributed by atoms with van der Waals surface area (Å²) in [6.45, 7) is 2.05. The van der Waals surface area contributed by atoms with E-state index in [1.165, 1.54) is 16.9 Å². The summed E-state index contributed by atoms with van der Waals surface area (Å²) >= 11 is 7.35. The van der Waals surface area contributed by atoms with Crippen molar-refractivity contribution in [3.8, 4) is 28.1 Å². The van der Waals surface area contributed by atoms with E-state index in [4.69, 9.17) is 27.1 Å². The number of aryl methyl sites for hydroxylation is 1. The Bertz CT molecular complexity index is 1540. The van der Waals surface area contributed by atoms with Crippen LogP contribution < -0.4 is 15.8 Å². The number of nitrogens with one attached hydrogen (secondary N) is 1. The number of anilines is 2. The number of nitrogens with two attached hydrogens (primary N) is 1. The van der Waals surface area contributed by atoms with E-state index in [2.05, 4.69) is 17.4 Å². The maximum Gasteiger partial charge on any atom is 0.267 e. The number of fused-ring (bicyclic) bond motifs is 1. The van der Waals surface area contributed by atoms with Crippen molar-refractivity contribution in [1.82, 2.24) is 4.98 Å². The van der Waals surface area contributed by atoms with Gasteiger partial charge in [0.1, 0.15) is 15.5 Å². The number of nitrogens with zero attached hydrogens (tertiary/aromatic N) is 1. The highest BCUT2D eigenvalue weighted by atomic mass is 35.5. The van der Waals surface area contributed by atoms with E-state index in [9.17, 15) is 4.79 Å². The number of benzene rings is 3. The molecular formula is C28H22ClN3O2S. The van der Waals surface area contributed by atoms with Gasteiger partial charge in [0, 0.05) is 21.7 Å². The van der Waals surface area contributed by atoms with Crippen LogP contribution in [0, 0.1) is 6.92 Å². The fourth-order valence-electron chi connectivity index (χ4n) is 3.91. The molecule has 2 heterocycles. The van der Waals surface area contributed by atoms with E-state index in [1.807, 2.05) is 49.4 Å². The molecule has 0 aliphatic rings. The first kappa shape index (κ1) is 22.9. The molecule has 174 valence electrons. The SMILES string of the molecule is COc1ccc(-c2cc(-c3ccc(C)cc3)nc3sc(C(=O)Nc4cccc(Cl)c4)c(N)c23)cc1. The van der Waals surface area contributed by atoms with Gasteiger partial charge in [-0.25, -0.2) is 4.98 Å². The number of ether oxygens (including phenoxy) is 1. The number of carbonyl (C=O) groups is 1. The Morgan fingerprint density at radius 1 is 1.00 bits per heavy atom. The molecule has 3 aromatic carbocycles. The molecule has 0 atom stereocenters. The fraction of sp³-hybridized carbons (Fsp3) is 0.0714. The highest BCUT2D eigenvalue weighted by Crippen LogP contribution is 2.42. The minimum atomic E-state index is -0.301. The molecule has 0 aliphatic carbocycles. The lowest BCUT2D eigenvalue weighted by Crippen LogP contribution is -2.11. The van der Waals surface area contributed by atoms with Gasteiger partial charge in [-0.15, -0.1) is 11.3 Å². The van der Waals surface area contributed by atoms with Crippen molar-refractivity contribution in [3.63, 3.8) is 0 Å². The molecule has 2 aromatic heterocycles. The van der Waals surface area contributed by atoms with Crippen molar-refractivity contribution in [3.05, 3.63) is 94.3 Å². The number of amides is 1. The number of aromatic nitrogens is 1. The summed E-state index contributed by atoms with van der Waals surface area (Å²) in [6, 6.07) is 25.0. The largest absolute Gasteiger partial charge is 0.497 e. The molecule has 0 bridgehead atoms.